The van der Waals surface area contributed by atoms with Crippen LogP contribution in [-0.2, 0) is 9.53 Å². The SMILES string of the molecule is CCOCCNc1nc(Nc2cccc(OC(C)C)c2)nc2c(/C=C3\NC(=O)NC3=O)cnn12. The highest BCUT2D eigenvalue weighted by atomic mass is 16.5. The van der Waals surface area contributed by atoms with E-state index < -0.39 is 11.9 Å². The average Bonchev–Trinajstić information content (AvgIpc) is 3.33. The molecule has 0 saturated carbocycles. The molecule has 3 amide bonds. The van der Waals surface area contributed by atoms with Crippen molar-refractivity contribution in [2.24, 2.45) is 0 Å². The Bertz CT molecular complexity index is 1240. The third-order valence-electron chi connectivity index (χ3n) is 4.61. The maximum absolute atomic E-state index is 12.0. The van der Waals surface area contributed by atoms with E-state index >= 15 is 0 Å². The van der Waals surface area contributed by atoms with Crippen LogP contribution in [0.4, 0.5) is 22.4 Å². The molecule has 1 aliphatic heterocycles. The molecular formula is C22H26N8O4. The van der Waals surface area contributed by atoms with Crippen molar-refractivity contribution < 1.29 is 19.1 Å². The number of benzene rings is 1. The number of amides is 3. The Hall–Kier alpha value is -4.19. The van der Waals surface area contributed by atoms with Crippen molar-refractivity contribution >= 4 is 41.2 Å². The van der Waals surface area contributed by atoms with Gasteiger partial charge in [-0.2, -0.15) is 19.6 Å². The summed E-state index contributed by atoms with van der Waals surface area (Å²) in [7, 11) is 0. The lowest BCUT2D eigenvalue weighted by Gasteiger charge is -2.13. The molecule has 3 heterocycles. The second-order valence-corrected chi connectivity index (χ2v) is 7.62. The van der Waals surface area contributed by atoms with E-state index in [0.717, 1.165) is 5.69 Å². The molecule has 3 aromatic rings. The summed E-state index contributed by atoms with van der Waals surface area (Å²) in [6.45, 7) is 7.44. The molecule has 0 aliphatic carbocycles. The van der Waals surface area contributed by atoms with Crippen LogP contribution < -0.4 is 26.0 Å². The molecule has 1 saturated heterocycles. The van der Waals surface area contributed by atoms with Crippen molar-refractivity contribution in [1.82, 2.24) is 30.2 Å². The summed E-state index contributed by atoms with van der Waals surface area (Å²) in [5.74, 6) is 0.946. The molecule has 0 unspecified atom stereocenters. The van der Waals surface area contributed by atoms with E-state index in [1.807, 2.05) is 45.0 Å². The number of urea groups is 1. The van der Waals surface area contributed by atoms with E-state index in [1.165, 1.54) is 10.6 Å². The number of hydrogen-bond donors (Lipinski definition) is 4. The lowest BCUT2D eigenvalue weighted by atomic mass is 10.2. The van der Waals surface area contributed by atoms with Gasteiger partial charge in [-0.15, -0.1) is 0 Å². The largest absolute Gasteiger partial charge is 0.491 e. The Morgan fingerprint density at radius 1 is 1.21 bits per heavy atom. The third-order valence-corrected chi connectivity index (χ3v) is 4.61. The highest BCUT2D eigenvalue weighted by Crippen LogP contribution is 2.23. The Balaban J connectivity index is 1.69. The summed E-state index contributed by atoms with van der Waals surface area (Å²) in [5, 5.41) is 15.4. The van der Waals surface area contributed by atoms with Crippen LogP contribution in [0.15, 0.2) is 36.2 Å². The van der Waals surface area contributed by atoms with Gasteiger partial charge in [0.1, 0.15) is 11.4 Å². The Morgan fingerprint density at radius 3 is 2.79 bits per heavy atom. The van der Waals surface area contributed by atoms with Gasteiger partial charge in [0, 0.05) is 30.5 Å². The fraction of sp³-hybridized carbons (Fsp3) is 0.318. The molecule has 34 heavy (non-hydrogen) atoms. The van der Waals surface area contributed by atoms with Crippen LogP contribution in [0, 0.1) is 0 Å². The van der Waals surface area contributed by atoms with Crippen molar-refractivity contribution in [3.63, 3.8) is 0 Å². The Labute approximate surface area is 195 Å². The Kier molecular flexibility index (Phi) is 6.87. The number of anilines is 3. The number of aromatic nitrogens is 4. The van der Waals surface area contributed by atoms with Crippen molar-refractivity contribution in [2.75, 3.05) is 30.4 Å². The van der Waals surface area contributed by atoms with E-state index in [-0.39, 0.29) is 11.8 Å². The summed E-state index contributed by atoms with van der Waals surface area (Å²) in [6, 6.07) is 6.90. The first-order valence-electron chi connectivity index (χ1n) is 10.9. The van der Waals surface area contributed by atoms with Gasteiger partial charge < -0.3 is 25.4 Å². The number of nitrogens with zero attached hydrogens (tertiary/aromatic N) is 4. The van der Waals surface area contributed by atoms with Gasteiger partial charge in [0.05, 0.1) is 18.9 Å². The first kappa shape index (κ1) is 23.0. The lowest BCUT2D eigenvalue weighted by Crippen LogP contribution is -2.22. The number of ether oxygens (including phenoxy) is 2. The van der Waals surface area contributed by atoms with Crippen LogP contribution in [0.25, 0.3) is 11.7 Å². The number of carbonyl (C=O) groups excluding carboxylic acids is 2. The van der Waals surface area contributed by atoms with Gasteiger partial charge in [-0.05, 0) is 39.0 Å². The molecule has 0 bridgehead atoms. The molecule has 0 atom stereocenters. The van der Waals surface area contributed by atoms with Crippen LogP contribution in [0.2, 0.25) is 0 Å². The molecule has 178 valence electrons. The van der Waals surface area contributed by atoms with Gasteiger partial charge in [-0.3, -0.25) is 10.1 Å². The highest BCUT2D eigenvalue weighted by molar-refractivity contribution is 6.14. The standard InChI is InChI=1S/C22H26N8O4/c1-4-33-9-8-23-21-29-20(25-15-6-5-7-16(11-15)34-13(2)3)27-18-14(12-24-30(18)21)10-17-19(31)28-22(32)26-17/h5-7,10-13H,4,8-9H2,1-3H3,(H2,23,25,27,29)(H2,26,28,31,32)/b17-10-. The van der Waals surface area contributed by atoms with Crippen LogP contribution in [0.1, 0.15) is 26.3 Å². The zero-order valence-corrected chi connectivity index (χ0v) is 19.1. The fourth-order valence-electron chi connectivity index (χ4n) is 3.23. The second-order valence-electron chi connectivity index (χ2n) is 7.62. The van der Waals surface area contributed by atoms with Crippen LogP contribution in [0.3, 0.4) is 0 Å². The summed E-state index contributed by atoms with van der Waals surface area (Å²) in [6.07, 6.45) is 3.10. The van der Waals surface area contributed by atoms with Crippen LogP contribution >= 0.6 is 0 Å². The van der Waals surface area contributed by atoms with Gasteiger partial charge in [0.2, 0.25) is 11.9 Å². The molecular weight excluding hydrogens is 440 g/mol. The third kappa shape index (κ3) is 5.41. The summed E-state index contributed by atoms with van der Waals surface area (Å²) in [5.41, 5.74) is 1.82. The van der Waals surface area contributed by atoms with Crippen LogP contribution in [-0.4, -0.2) is 57.4 Å². The molecule has 1 aliphatic rings. The van der Waals surface area contributed by atoms with Gasteiger partial charge in [0.15, 0.2) is 5.65 Å². The normalized spacial score (nSPS) is 14.5. The summed E-state index contributed by atoms with van der Waals surface area (Å²) in [4.78, 5) is 32.6. The van der Waals surface area contributed by atoms with Crippen molar-refractivity contribution in [3.05, 3.63) is 41.7 Å². The van der Waals surface area contributed by atoms with E-state index in [1.54, 1.807) is 6.20 Å². The molecule has 1 aromatic carbocycles. The first-order valence-corrected chi connectivity index (χ1v) is 10.9. The van der Waals surface area contributed by atoms with E-state index in [4.69, 9.17) is 9.47 Å². The van der Waals surface area contributed by atoms with Gasteiger partial charge in [-0.25, -0.2) is 4.79 Å². The first-order chi connectivity index (χ1) is 16.4. The van der Waals surface area contributed by atoms with Gasteiger partial charge in [-0.1, -0.05) is 6.07 Å². The molecule has 0 radical (unpaired) electrons. The Morgan fingerprint density at radius 2 is 2.06 bits per heavy atom. The van der Waals surface area contributed by atoms with Crippen molar-refractivity contribution in [2.45, 2.75) is 26.9 Å². The number of hydrogen-bond acceptors (Lipinski definition) is 9. The second kappa shape index (κ2) is 10.2. The topological polar surface area (TPSA) is 144 Å². The predicted octanol–water partition coefficient (Wildman–Crippen LogP) is 2.28. The minimum Gasteiger partial charge on any atom is -0.491 e. The zero-order chi connectivity index (χ0) is 24.1. The van der Waals surface area contributed by atoms with Crippen molar-refractivity contribution in [1.29, 1.82) is 0 Å². The molecule has 4 N–H and O–H groups in total. The minimum absolute atomic E-state index is 0.0414. The monoisotopic (exact) mass is 466 g/mol. The smallest absolute Gasteiger partial charge is 0.326 e. The van der Waals surface area contributed by atoms with Crippen molar-refractivity contribution in [3.8, 4) is 5.75 Å². The lowest BCUT2D eigenvalue weighted by molar-refractivity contribution is -0.115. The quantitative estimate of drug-likeness (QED) is 0.201. The molecule has 12 heteroatoms. The average molecular weight is 467 g/mol. The predicted molar refractivity (Wildman–Crippen MR) is 126 cm³/mol. The number of imide groups is 1. The van der Waals surface area contributed by atoms with E-state index in [2.05, 4.69) is 36.3 Å². The zero-order valence-electron chi connectivity index (χ0n) is 19.1. The highest BCUT2D eigenvalue weighted by Gasteiger charge is 2.24. The fourth-order valence-corrected chi connectivity index (χ4v) is 3.23. The van der Waals surface area contributed by atoms with E-state index in [9.17, 15) is 9.59 Å². The van der Waals surface area contributed by atoms with Gasteiger partial charge >= 0.3 is 6.03 Å². The molecule has 0 spiro atoms. The molecule has 2 aromatic heterocycles. The number of fused-ring (bicyclic) bond motifs is 1. The minimum atomic E-state index is -0.577. The number of rotatable bonds is 10. The molecule has 12 nitrogen and oxygen atoms in total. The molecule has 1 fully saturated rings. The van der Waals surface area contributed by atoms with Crippen LogP contribution in [0.5, 0.6) is 5.75 Å². The number of nitrogens with one attached hydrogen (secondary N) is 4. The summed E-state index contributed by atoms with van der Waals surface area (Å²) >= 11 is 0. The number of carbonyl (C=O) groups is 2. The maximum Gasteiger partial charge on any atom is 0.326 e. The van der Waals surface area contributed by atoms with Gasteiger partial charge in [0.25, 0.3) is 5.91 Å². The maximum atomic E-state index is 12.0. The van der Waals surface area contributed by atoms with E-state index in [0.29, 0.717) is 48.6 Å². The summed E-state index contributed by atoms with van der Waals surface area (Å²) < 4.78 is 12.7. The molecule has 4 rings (SSSR count).